The minimum Gasteiger partial charge on any atom is -0.393 e. The summed E-state index contributed by atoms with van der Waals surface area (Å²) in [5.41, 5.74) is 6.05. The van der Waals surface area contributed by atoms with Crippen LogP contribution in [0.25, 0.3) is 16.6 Å². The number of hydrogen-bond acceptors (Lipinski definition) is 6. The molecule has 0 radical (unpaired) electrons. The highest BCUT2D eigenvalue weighted by molar-refractivity contribution is 6.00. The molecule has 1 aromatic carbocycles. The molecule has 5 rings (SSSR count). The lowest BCUT2D eigenvalue weighted by Gasteiger charge is -2.25. The molecule has 0 bridgehead atoms. The van der Waals surface area contributed by atoms with E-state index in [1.807, 2.05) is 29.8 Å². The van der Waals surface area contributed by atoms with E-state index in [1.165, 1.54) is 0 Å². The highest BCUT2D eigenvalue weighted by atomic mass is 16.5. The van der Waals surface area contributed by atoms with Gasteiger partial charge in [0.25, 0.3) is 0 Å². The standard InChI is InChI=1S/C24H29N5O3/c1-14(13-32-2)26-24-25-12-22-19(16-3-4-17-10-23(31)27-20(17)9-16)11-21(29(22)28-24)15-5-7-18(30)8-6-15/h3-4,9,11-12,14-15,18,30H,5-8,10,13H2,1-2H3,(H,26,28)(H,27,31)/t14-,15-,18-/m0/s1. The van der Waals surface area contributed by atoms with Crippen molar-refractivity contribution in [3.05, 3.63) is 41.7 Å². The average Bonchev–Trinajstić information content (AvgIpc) is 3.33. The van der Waals surface area contributed by atoms with Gasteiger partial charge in [0.05, 0.1) is 30.8 Å². The Bertz CT molecular complexity index is 1150. The summed E-state index contributed by atoms with van der Waals surface area (Å²) < 4.78 is 7.22. The molecule has 1 fully saturated rings. The topological polar surface area (TPSA) is 101 Å². The van der Waals surface area contributed by atoms with E-state index < -0.39 is 0 Å². The third-order valence-electron chi connectivity index (χ3n) is 6.50. The van der Waals surface area contributed by atoms with Gasteiger partial charge in [0.1, 0.15) is 0 Å². The number of ether oxygens (including phenoxy) is 1. The van der Waals surface area contributed by atoms with Crippen molar-refractivity contribution in [2.24, 2.45) is 0 Å². The molecule has 3 N–H and O–H groups in total. The first-order valence-corrected chi connectivity index (χ1v) is 11.3. The molecule has 3 aromatic rings. The van der Waals surface area contributed by atoms with Crippen molar-refractivity contribution in [3.63, 3.8) is 0 Å². The summed E-state index contributed by atoms with van der Waals surface area (Å²) in [4.78, 5) is 16.4. The summed E-state index contributed by atoms with van der Waals surface area (Å²) >= 11 is 0. The lowest BCUT2D eigenvalue weighted by atomic mass is 9.85. The zero-order valence-electron chi connectivity index (χ0n) is 18.5. The van der Waals surface area contributed by atoms with E-state index in [2.05, 4.69) is 27.8 Å². The Kier molecular flexibility index (Phi) is 5.57. The fourth-order valence-corrected chi connectivity index (χ4v) is 4.87. The number of amides is 1. The molecule has 2 aliphatic rings. The third kappa shape index (κ3) is 3.96. The molecule has 0 unspecified atom stereocenters. The zero-order valence-corrected chi connectivity index (χ0v) is 18.5. The Labute approximate surface area is 187 Å². The summed E-state index contributed by atoms with van der Waals surface area (Å²) in [6, 6.07) is 8.41. The molecule has 168 valence electrons. The van der Waals surface area contributed by atoms with Gasteiger partial charge in [0, 0.05) is 36.0 Å². The van der Waals surface area contributed by atoms with Crippen LogP contribution in [0.3, 0.4) is 0 Å². The van der Waals surface area contributed by atoms with Crippen LogP contribution in [0.1, 0.15) is 49.8 Å². The van der Waals surface area contributed by atoms with Crippen molar-refractivity contribution < 1.29 is 14.6 Å². The quantitative estimate of drug-likeness (QED) is 0.549. The van der Waals surface area contributed by atoms with Crippen molar-refractivity contribution in [2.45, 2.75) is 57.1 Å². The van der Waals surface area contributed by atoms with Crippen molar-refractivity contribution in [3.8, 4) is 11.1 Å². The van der Waals surface area contributed by atoms with Gasteiger partial charge in [-0.3, -0.25) is 4.79 Å². The molecule has 1 aliphatic heterocycles. The Morgan fingerprint density at radius 1 is 1.28 bits per heavy atom. The fraction of sp³-hybridized carbons (Fsp3) is 0.458. The molecular weight excluding hydrogens is 406 g/mol. The largest absolute Gasteiger partial charge is 0.393 e. The van der Waals surface area contributed by atoms with E-state index >= 15 is 0 Å². The second-order valence-corrected chi connectivity index (χ2v) is 8.96. The fourth-order valence-electron chi connectivity index (χ4n) is 4.87. The number of fused-ring (bicyclic) bond motifs is 2. The number of rotatable bonds is 6. The summed E-state index contributed by atoms with van der Waals surface area (Å²) in [6.07, 6.45) is 5.55. The minimum atomic E-state index is -0.209. The number of methoxy groups -OCH3 is 1. The first kappa shape index (κ1) is 20.9. The molecule has 0 saturated heterocycles. The Morgan fingerprint density at radius 3 is 2.88 bits per heavy atom. The maximum absolute atomic E-state index is 11.8. The molecule has 8 nitrogen and oxygen atoms in total. The Balaban J connectivity index is 1.57. The second kappa shape index (κ2) is 8.52. The summed E-state index contributed by atoms with van der Waals surface area (Å²) in [5, 5.41) is 21.1. The van der Waals surface area contributed by atoms with Gasteiger partial charge in [-0.05, 0) is 55.9 Å². The van der Waals surface area contributed by atoms with Crippen molar-refractivity contribution in [1.82, 2.24) is 14.6 Å². The lowest BCUT2D eigenvalue weighted by Crippen LogP contribution is -2.23. The van der Waals surface area contributed by atoms with E-state index in [-0.39, 0.29) is 18.1 Å². The zero-order chi connectivity index (χ0) is 22.2. The van der Waals surface area contributed by atoms with Gasteiger partial charge in [-0.1, -0.05) is 12.1 Å². The van der Waals surface area contributed by atoms with E-state index in [9.17, 15) is 9.90 Å². The van der Waals surface area contributed by atoms with Gasteiger partial charge in [-0.2, -0.15) is 0 Å². The summed E-state index contributed by atoms with van der Waals surface area (Å²) in [7, 11) is 1.68. The highest BCUT2D eigenvalue weighted by Gasteiger charge is 2.26. The number of aromatic nitrogens is 3. The molecular formula is C24H29N5O3. The monoisotopic (exact) mass is 435 g/mol. The van der Waals surface area contributed by atoms with Gasteiger partial charge in [0.2, 0.25) is 11.9 Å². The molecule has 2 aromatic heterocycles. The number of carbonyl (C=O) groups excluding carboxylic acids is 1. The van der Waals surface area contributed by atoms with Gasteiger partial charge in [-0.15, -0.1) is 5.10 Å². The van der Waals surface area contributed by atoms with Crippen LogP contribution in [0.5, 0.6) is 0 Å². The maximum atomic E-state index is 11.8. The maximum Gasteiger partial charge on any atom is 0.241 e. The summed E-state index contributed by atoms with van der Waals surface area (Å²) in [5.74, 6) is 0.917. The number of nitrogens with zero attached hydrogens (tertiary/aromatic N) is 3. The van der Waals surface area contributed by atoms with Crippen LogP contribution >= 0.6 is 0 Å². The molecule has 1 saturated carbocycles. The number of hydrogen-bond donors (Lipinski definition) is 3. The van der Waals surface area contributed by atoms with E-state index in [4.69, 9.17) is 9.84 Å². The predicted octanol–water partition coefficient (Wildman–Crippen LogP) is 3.36. The van der Waals surface area contributed by atoms with Gasteiger partial charge >= 0.3 is 0 Å². The molecule has 32 heavy (non-hydrogen) atoms. The molecule has 0 spiro atoms. The van der Waals surface area contributed by atoms with Crippen LogP contribution in [-0.4, -0.2) is 51.5 Å². The predicted molar refractivity (Wildman–Crippen MR) is 123 cm³/mol. The van der Waals surface area contributed by atoms with Crippen LogP contribution in [0.4, 0.5) is 11.6 Å². The van der Waals surface area contributed by atoms with E-state index in [0.717, 1.165) is 59.3 Å². The lowest BCUT2D eigenvalue weighted by molar-refractivity contribution is -0.115. The number of anilines is 2. The van der Waals surface area contributed by atoms with Gasteiger partial charge in [0.15, 0.2) is 0 Å². The Morgan fingerprint density at radius 2 is 2.09 bits per heavy atom. The first-order valence-electron chi connectivity index (χ1n) is 11.3. The SMILES string of the molecule is COC[C@H](C)Nc1ncc2c(-c3ccc4c(c3)NC(=O)C4)cc([C@H]3CC[C@H](O)CC3)n2n1. The Hall–Kier alpha value is -2.97. The van der Waals surface area contributed by atoms with Crippen LogP contribution in [0, 0.1) is 0 Å². The molecule has 1 atom stereocenters. The number of carbonyl (C=O) groups is 1. The van der Waals surface area contributed by atoms with E-state index in [1.54, 1.807) is 7.11 Å². The van der Waals surface area contributed by atoms with Crippen molar-refractivity contribution in [2.75, 3.05) is 24.4 Å². The molecule has 8 heteroatoms. The number of aliphatic hydroxyl groups excluding tert-OH is 1. The van der Waals surface area contributed by atoms with Gasteiger partial charge in [-0.25, -0.2) is 9.50 Å². The van der Waals surface area contributed by atoms with Gasteiger partial charge < -0.3 is 20.5 Å². The minimum absolute atomic E-state index is 0.0320. The van der Waals surface area contributed by atoms with Crippen LogP contribution < -0.4 is 10.6 Å². The van der Waals surface area contributed by atoms with Crippen molar-refractivity contribution in [1.29, 1.82) is 0 Å². The first-order chi connectivity index (χ1) is 15.5. The summed E-state index contributed by atoms with van der Waals surface area (Å²) in [6.45, 7) is 2.59. The van der Waals surface area contributed by atoms with Crippen LogP contribution in [0.2, 0.25) is 0 Å². The molecule has 1 amide bonds. The average molecular weight is 436 g/mol. The normalized spacial score (nSPS) is 21.4. The highest BCUT2D eigenvalue weighted by Crippen LogP contribution is 2.39. The number of benzene rings is 1. The van der Waals surface area contributed by atoms with Crippen molar-refractivity contribution >= 4 is 23.1 Å². The second-order valence-electron chi connectivity index (χ2n) is 8.96. The van der Waals surface area contributed by atoms with Crippen LogP contribution in [-0.2, 0) is 16.0 Å². The third-order valence-corrected chi connectivity index (χ3v) is 6.50. The molecule has 1 aliphatic carbocycles. The smallest absolute Gasteiger partial charge is 0.241 e. The van der Waals surface area contributed by atoms with E-state index in [0.29, 0.717) is 24.9 Å². The van der Waals surface area contributed by atoms with Crippen LogP contribution in [0.15, 0.2) is 30.5 Å². The molecule has 3 heterocycles. The number of aliphatic hydroxyl groups is 1. The number of nitrogens with one attached hydrogen (secondary N) is 2.